The SMILES string of the molecule is CCOc1ccc(Cl)c(/C(O)=C2\C(=O)C(=O)N(c3cccc(OC)c3)C2c2ccccc2C)c1. The molecule has 0 spiro atoms. The van der Waals surface area contributed by atoms with Gasteiger partial charge in [0.1, 0.15) is 17.3 Å². The number of Topliss-reactive ketones (excluding diaryl/α,β-unsaturated/α-hetero) is 1. The number of hydrogen-bond donors (Lipinski definition) is 1. The summed E-state index contributed by atoms with van der Waals surface area (Å²) in [6.45, 7) is 4.15. The minimum absolute atomic E-state index is 0.0438. The summed E-state index contributed by atoms with van der Waals surface area (Å²) in [5, 5.41) is 11.6. The molecule has 4 rings (SSSR count). The van der Waals surface area contributed by atoms with Gasteiger partial charge in [0.2, 0.25) is 0 Å². The predicted octanol–water partition coefficient (Wildman–Crippen LogP) is 5.68. The second kappa shape index (κ2) is 9.61. The van der Waals surface area contributed by atoms with Crippen LogP contribution in [0.2, 0.25) is 5.02 Å². The summed E-state index contributed by atoms with van der Waals surface area (Å²) in [7, 11) is 1.53. The van der Waals surface area contributed by atoms with Crippen molar-refractivity contribution in [3.8, 4) is 11.5 Å². The van der Waals surface area contributed by atoms with Gasteiger partial charge in [-0.25, -0.2) is 0 Å². The number of rotatable bonds is 6. The number of aryl methyl sites for hydroxylation is 1. The number of halogens is 1. The molecule has 174 valence electrons. The Morgan fingerprint density at radius 3 is 2.50 bits per heavy atom. The number of anilines is 1. The molecule has 0 bridgehead atoms. The number of aliphatic hydroxyl groups excluding tert-OH is 1. The van der Waals surface area contributed by atoms with Gasteiger partial charge in [-0.15, -0.1) is 0 Å². The van der Waals surface area contributed by atoms with Crippen molar-refractivity contribution in [1.82, 2.24) is 0 Å². The van der Waals surface area contributed by atoms with Crippen molar-refractivity contribution in [3.63, 3.8) is 0 Å². The van der Waals surface area contributed by atoms with Crippen LogP contribution in [-0.2, 0) is 9.59 Å². The fourth-order valence-corrected chi connectivity index (χ4v) is 4.34. The largest absolute Gasteiger partial charge is 0.507 e. The average Bonchev–Trinajstić information content (AvgIpc) is 3.10. The Labute approximate surface area is 203 Å². The van der Waals surface area contributed by atoms with Gasteiger partial charge in [-0.1, -0.05) is 41.9 Å². The average molecular weight is 478 g/mol. The first-order valence-electron chi connectivity index (χ1n) is 10.8. The number of ketones is 1. The van der Waals surface area contributed by atoms with Crippen LogP contribution in [0.5, 0.6) is 11.5 Å². The van der Waals surface area contributed by atoms with Gasteiger partial charge in [0.05, 0.1) is 30.4 Å². The summed E-state index contributed by atoms with van der Waals surface area (Å²) in [6.07, 6.45) is 0. The molecule has 1 fully saturated rings. The van der Waals surface area contributed by atoms with E-state index in [4.69, 9.17) is 21.1 Å². The Morgan fingerprint density at radius 1 is 1.03 bits per heavy atom. The van der Waals surface area contributed by atoms with E-state index in [2.05, 4.69) is 0 Å². The number of amides is 1. The summed E-state index contributed by atoms with van der Waals surface area (Å²) >= 11 is 6.40. The van der Waals surface area contributed by atoms with Gasteiger partial charge < -0.3 is 14.6 Å². The van der Waals surface area contributed by atoms with E-state index in [9.17, 15) is 14.7 Å². The van der Waals surface area contributed by atoms with Crippen LogP contribution in [0, 0.1) is 6.92 Å². The standard InChI is InChI=1S/C27H24ClNO5/c1-4-34-19-12-13-22(28)21(15-19)25(30)23-24(20-11-6-5-8-16(20)2)29(27(32)26(23)31)17-9-7-10-18(14-17)33-3/h5-15,24,30H,4H2,1-3H3/b25-23+. The molecule has 0 radical (unpaired) electrons. The number of hydrogen-bond acceptors (Lipinski definition) is 5. The number of nitrogens with zero attached hydrogens (tertiary/aromatic N) is 1. The van der Waals surface area contributed by atoms with Gasteiger partial charge in [-0.3, -0.25) is 14.5 Å². The lowest BCUT2D eigenvalue weighted by molar-refractivity contribution is -0.132. The van der Waals surface area contributed by atoms with Crippen LogP contribution in [-0.4, -0.2) is 30.5 Å². The number of methoxy groups -OCH3 is 1. The number of carbonyl (C=O) groups excluding carboxylic acids is 2. The Bertz CT molecular complexity index is 1300. The van der Waals surface area contributed by atoms with E-state index in [0.29, 0.717) is 29.4 Å². The fourth-order valence-electron chi connectivity index (χ4n) is 4.13. The normalized spacial score (nSPS) is 17.2. The molecule has 0 saturated carbocycles. The van der Waals surface area contributed by atoms with Crippen LogP contribution in [0.4, 0.5) is 5.69 Å². The molecule has 34 heavy (non-hydrogen) atoms. The molecular formula is C27H24ClNO5. The van der Waals surface area contributed by atoms with Crippen LogP contribution in [0.15, 0.2) is 72.3 Å². The van der Waals surface area contributed by atoms with Crippen molar-refractivity contribution in [2.24, 2.45) is 0 Å². The van der Waals surface area contributed by atoms with Gasteiger partial charge in [-0.05, 0) is 55.3 Å². The maximum atomic E-state index is 13.4. The summed E-state index contributed by atoms with van der Waals surface area (Å²) in [6, 6.07) is 18.3. The zero-order valence-electron chi connectivity index (χ0n) is 19.0. The Hall–Kier alpha value is -3.77. The van der Waals surface area contributed by atoms with E-state index in [-0.39, 0.29) is 21.9 Å². The third-order valence-electron chi connectivity index (χ3n) is 5.76. The summed E-state index contributed by atoms with van der Waals surface area (Å²) in [5.74, 6) is -0.881. The van der Waals surface area contributed by atoms with Crippen LogP contribution in [0.1, 0.15) is 29.7 Å². The monoisotopic (exact) mass is 477 g/mol. The maximum Gasteiger partial charge on any atom is 0.300 e. The van der Waals surface area contributed by atoms with Crippen molar-refractivity contribution in [2.75, 3.05) is 18.6 Å². The first-order valence-corrected chi connectivity index (χ1v) is 11.2. The molecule has 1 N–H and O–H groups in total. The highest BCUT2D eigenvalue weighted by molar-refractivity contribution is 6.52. The van der Waals surface area contributed by atoms with Gasteiger partial charge >= 0.3 is 0 Å². The second-order valence-electron chi connectivity index (χ2n) is 7.80. The van der Waals surface area contributed by atoms with Crippen LogP contribution in [0.3, 0.4) is 0 Å². The number of carbonyl (C=O) groups is 2. The molecule has 0 aromatic heterocycles. The van der Waals surface area contributed by atoms with Crippen LogP contribution < -0.4 is 14.4 Å². The van der Waals surface area contributed by atoms with Gasteiger partial charge in [0.25, 0.3) is 11.7 Å². The lowest BCUT2D eigenvalue weighted by Gasteiger charge is -2.27. The quantitative estimate of drug-likeness (QED) is 0.281. The minimum atomic E-state index is -0.861. The molecule has 1 aliphatic rings. The highest BCUT2D eigenvalue weighted by atomic mass is 35.5. The molecule has 0 aliphatic carbocycles. The number of ether oxygens (including phenoxy) is 2. The highest BCUT2D eigenvalue weighted by Gasteiger charge is 2.47. The zero-order chi connectivity index (χ0) is 24.4. The third-order valence-corrected chi connectivity index (χ3v) is 6.09. The van der Waals surface area contributed by atoms with Crippen molar-refractivity contribution < 1.29 is 24.2 Å². The highest BCUT2D eigenvalue weighted by Crippen LogP contribution is 2.44. The fraction of sp³-hybridized carbons (Fsp3) is 0.185. The molecular weight excluding hydrogens is 454 g/mol. The Morgan fingerprint density at radius 2 is 1.79 bits per heavy atom. The lowest BCUT2D eigenvalue weighted by Crippen LogP contribution is -2.29. The van der Waals surface area contributed by atoms with E-state index in [1.807, 2.05) is 38.1 Å². The molecule has 3 aromatic carbocycles. The molecule has 1 saturated heterocycles. The summed E-state index contributed by atoms with van der Waals surface area (Å²) < 4.78 is 10.9. The smallest absolute Gasteiger partial charge is 0.300 e. The number of benzene rings is 3. The first-order chi connectivity index (χ1) is 16.4. The topological polar surface area (TPSA) is 76.1 Å². The van der Waals surface area contributed by atoms with Crippen LogP contribution >= 0.6 is 11.6 Å². The molecule has 1 atom stereocenters. The maximum absolute atomic E-state index is 13.4. The van der Waals surface area contributed by atoms with E-state index in [1.165, 1.54) is 12.0 Å². The van der Waals surface area contributed by atoms with Crippen LogP contribution in [0.25, 0.3) is 5.76 Å². The summed E-state index contributed by atoms with van der Waals surface area (Å²) in [5.41, 5.74) is 2.22. The Kier molecular flexibility index (Phi) is 6.61. The van der Waals surface area contributed by atoms with Crippen molar-refractivity contribution in [3.05, 3.63) is 94.0 Å². The third kappa shape index (κ3) is 4.13. The van der Waals surface area contributed by atoms with E-state index < -0.39 is 17.7 Å². The van der Waals surface area contributed by atoms with Gasteiger partial charge in [-0.2, -0.15) is 0 Å². The Balaban J connectivity index is 1.98. The van der Waals surface area contributed by atoms with E-state index in [1.54, 1.807) is 42.5 Å². The molecule has 1 heterocycles. The van der Waals surface area contributed by atoms with E-state index in [0.717, 1.165) is 5.56 Å². The van der Waals surface area contributed by atoms with Gasteiger partial charge in [0.15, 0.2) is 0 Å². The predicted molar refractivity (Wildman–Crippen MR) is 132 cm³/mol. The van der Waals surface area contributed by atoms with E-state index >= 15 is 0 Å². The van der Waals surface area contributed by atoms with Crippen molar-refractivity contribution in [2.45, 2.75) is 19.9 Å². The van der Waals surface area contributed by atoms with Crippen molar-refractivity contribution >= 4 is 34.7 Å². The summed E-state index contributed by atoms with van der Waals surface area (Å²) in [4.78, 5) is 28.1. The molecule has 6 nitrogen and oxygen atoms in total. The molecule has 1 unspecified atom stereocenters. The molecule has 7 heteroatoms. The van der Waals surface area contributed by atoms with Crippen molar-refractivity contribution in [1.29, 1.82) is 0 Å². The first kappa shape index (κ1) is 23.4. The van der Waals surface area contributed by atoms with Gasteiger partial charge in [0, 0.05) is 17.3 Å². The second-order valence-corrected chi connectivity index (χ2v) is 8.21. The lowest BCUT2D eigenvalue weighted by atomic mass is 9.92. The number of aliphatic hydroxyl groups is 1. The molecule has 3 aromatic rings. The zero-order valence-corrected chi connectivity index (χ0v) is 19.8. The molecule has 1 aliphatic heterocycles. The molecule has 1 amide bonds. The minimum Gasteiger partial charge on any atom is -0.507 e.